The fourth-order valence-electron chi connectivity index (χ4n) is 3.23. The minimum absolute atomic E-state index is 0.660. The van der Waals surface area contributed by atoms with Crippen LogP contribution >= 0.6 is 0 Å². The average Bonchev–Trinajstić information content (AvgIpc) is 2.37. The Morgan fingerprint density at radius 2 is 1.78 bits per heavy atom. The molecule has 1 heterocycles. The minimum Gasteiger partial charge on any atom is -0.314 e. The van der Waals surface area contributed by atoms with Crippen molar-refractivity contribution in [1.29, 1.82) is 0 Å². The zero-order chi connectivity index (χ0) is 13.4. The largest absolute Gasteiger partial charge is 0.314 e. The number of nitrogens with zero attached hydrogens (tertiary/aromatic N) is 1. The number of hydrogen-bond donors (Lipinski definition) is 1. The van der Waals surface area contributed by atoms with Crippen LogP contribution in [0.5, 0.6) is 0 Å². The van der Waals surface area contributed by atoms with Crippen molar-refractivity contribution in [1.82, 2.24) is 10.2 Å². The monoisotopic (exact) mass is 254 g/mol. The molecule has 1 aliphatic heterocycles. The lowest BCUT2D eigenvalue weighted by molar-refractivity contribution is 0.126. The van der Waals surface area contributed by atoms with Gasteiger partial charge in [0.05, 0.1) is 0 Å². The van der Waals surface area contributed by atoms with Crippen LogP contribution in [-0.2, 0) is 0 Å². The van der Waals surface area contributed by atoms with E-state index >= 15 is 0 Å². The summed E-state index contributed by atoms with van der Waals surface area (Å²) in [7, 11) is 0. The molecule has 1 rings (SSSR count). The summed E-state index contributed by atoms with van der Waals surface area (Å²) >= 11 is 0. The Labute approximate surface area is 115 Å². The standard InChI is InChI=1S/C16H34N2/c1-5-7-16-8-11-18(12-9-16)15(4)13-14(3)17-10-6-2/h14-17H,5-13H2,1-4H3. The first-order chi connectivity index (χ1) is 8.67. The highest BCUT2D eigenvalue weighted by Crippen LogP contribution is 2.23. The highest BCUT2D eigenvalue weighted by atomic mass is 15.2. The van der Waals surface area contributed by atoms with E-state index in [1.165, 1.54) is 51.6 Å². The van der Waals surface area contributed by atoms with Crippen molar-refractivity contribution in [3.05, 3.63) is 0 Å². The van der Waals surface area contributed by atoms with Crippen LogP contribution in [0.3, 0.4) is 0 Å². The second kappa shape index (κ2) is 8.92. The van der Waals surface area contributed by atoms with E-state index in [4.69, 9.17) is 0 Å². The first-order valence-corrected chi connectivity index (χ1v) is 8.14. The van der Waals surface area contributed by atoms with Crippen molar-refractivity contribution in [3.8, 4) is 0 Å². The van der Waals surface area contributed by atoms with Crippen molar-refractivity contribution < 1.29 is 0 Å². The molecule has 2 unspecified atom stereocenters. The van der Waals surface area contributed by atoms with Gasteiger partial charge in [0.2, 0.25) is 0 Å². The van der Waals surface area contributed by atoms with E-state index in [0.29, 0.717) is 6.04 Å². The third kappa shape index (κ3) is 5.71. The van der Waals surface area contributed by atoms with E-state index in [1.54, 1.807) is 0 Å². The fraction of sp³-hybridized carbons (Fsp3) is 1.00. The molecule has 0 radical (unpaired) electrons. The molecule has 1 fully saturated rings. The maximum absolute atomic E-state index is 3.60. The number of piperidine rings is 1. The maximum atomic E-state index is 3.60. The topological polar surface area (TPSA) is 15.3 Å². The lowest BCUT2D eigenvalue weighted by atomic mass is 9.91. The predicted molar refractivity (Wildman–Crippen MR) is 81.0 cm³/mol. The highest BCUT2D eigenvalue weighted by Gasteiger charge is 2.22. The van der Waals surface area contributed by atoms with Crippen LogP contribution in [0, 0.1) is 5.92 Å². The van der Waals surface area contributed by atoms with E-state index in [9.17, 15) is 0 Å². The van der Waals surface area contributed by atoms with Gasteiger partial charge in [-0.3, -0.25) is 0 Å². The molecular weight excluding hydrogens is 220 g/mol. The fourth-order valence-corrected chi connectivity index (χ4v) is 3.23. The Kier molecular flexibility index (Phi) is 7.92. The Balaban J connectivity index is 2.20. The van der Waals surface area contributed by atoms with Crippen LogP contribution < -0.4 is 5.32 Å². The molecule has 0 saturated carbocycles. The first-order valence-electron chi connectivity index (χ1n) is 8.14. The van der Waals surface area contributed by atoms with E-state index in [0.717, 1.165) is 18.5 Å². The summed E-state index contributed by atoms with van der Waals surface area (Å²) < 4.78 is 0. The molecule has 1 N–H and O–H groups in total. The predicted octanol–water partition coefficient (Wildman–Crippen LogP) is 3.67. The summed E-state index contributed by atoms with van der Waals surface area (Å²) in [5, 5.41) is 3.60. The zero-order valence-corrected chi connectivity index (χ0v) is 13.0. The quantitative estimate of drug-likeness (QED) is 0.711. The third-order valence-electron chi connectivity index (χ3n) is 4.41. The zero-order valence-electron chi connectivity index (χ0n) is 13.0. The first kappa shape index (κ1) is 16.0. The van der Waals surface area contributed by atoms with Crippen molar-refractivity contribution >= 4 is 0 Å². The van der Waals surface area contributed by atoms with E-state index in [-0.39, 0.29) is 0 Å². The Morgan fingerprint density at radius 1 is 1.11 bits per heavy atom. The summed E-state index contributed by atoms with van der Waals surface area (Å²) in [4.78, 5) is 2.70. The van der Waals surface area contributed by atoms with Crippen molar-refractivity contribution in [2.45, 2.75) is 78.3 Å². The molecule has 0 aliphatic carbocycles. The van der Waals surface area contributed by atoms with Gasteiger partial charge >= 0.3 is 0 Å². The molecule has 108 valence electrons. The highest BCUT2D eigenvalue weighted by molar-refractivity contribution is 4.78. The summed E-state index contributed by atoms with van der Waals surface area (Å²) in [6.45, 7) is 13.1. The molecule has 2 nitrogen and oxygen atoms in total. The summed E-state index contributed by atoms with van der Waals surface area (Å²) in [6, 6.07) is 1.40. The number of rotatable bonds is 8. The average molecular weight is 254 g/mol. The molecule has 2 heteroatoms. The number of likely N-dealkylation sites (tertiary alicyclic amines) is 1. The third-order valence-corrected chi connectivity index (χ3v) is 4.41. The van der Waals surface area contributed by atoms with Gasteiger partial charge in [-0.15, -0.1) is 0 Å². The van der Waals surface area contributed by atoms with Crippen LogP contribution in [0.4, 0.5) is 0 Å². The summed E-state index contributed by atoms with van der Waals surface area (Å²) in [5.41, 5.74) is 0. The molecule has 0 spiro atoms. The normalized spacial score (nSPS) is 22.0. The lowest BCUT2D eigenvalue weighted by Crippen LogP contribution is -2.43. The molecule has 1 aliphatic rings. The second-order valence-corrected chi connectivity index (χ2v) is 6.21. The molecule has 0 aromatic carbocycles. The van der Waals surface area contributed by atoms with Gasteiger partial charge in [-0.05, 0) is 65.1 Å². The SMILES string of the molecule is CCCNC(C)CC(C)N1CCC(CCC)CC1. The lowest BCUT2D eigenvalue weighted by Gasteiger charge is -2.37. The minimum atomic E-state index is 0.660. The van der Waals surface area contributed by atoms with Gasteiger partial charge < -0.3 is 10.2 Å². The molecule has 2 atom stereocenters. The van der Waals surface area contributed by atoms with E-state index in [2.05, 4.69) is 37.9 Å². The molecule has 0 aromatic rings. The van der Waals surface area contributed by atoms with Crippen LogP contribution in [0.15, 0.2) is 0 Å². The Bertz CT molecular complexity index is 197. The summed E-state index contributed by atoms with van der Waals surface area (Å²) in [5.74, 6) is 1.01. The molecule has 0 bridgehead atoms. The van der Waals surface area contributed by atoms with Gasteiger partial charge in [0.1, 0.15) is 0 Å². The van der Waals surface area contributed by atoms with Crippen LogP contribution in [-0.4, -0.2) is 36.6 Å². The maximum Gasteiger partial charge on any atom is 0.00816 e. The Morgan fingerprint density at radius 3 is 2.33 bits per heavy atom. The molecular formula is C16H34N2. The summed E-state index contributed by atoms with van der Waals surface area (Å²) in [6.07, 6.45) is 8.18. The van der Waals surface area contributed by atoms with Gasteiger partial charge in [-0.25, -0.2) is 0 Å². The van der Waals surface area contributed by atoms with Gasteiger partial charge in [-0.2, -0.15) is 0 Å². The van der Waals surface area contributed by atoms with Crippen molar-refractivity contribution in [2.75, 3.05) is 19.6 Å². The second-order valence-electron chi connectivity index (χ2n) is 6.21. The van der Waals surface area contributed by atoms with E-state index in [1.807, 2.05) is 0 Å². The van der Waals surface area contributed by atoms with Crippen molar-refractivity contribution in [2.24, 2.45) is 5.92 Å². The molecule has 18 heavy (non-hydrogen) atoms. The van der Waals surface area contributed by atoms with Crippen LogP contribution in [0.2, 0.25) is 0 Å². The molecule has 1 saturated heterocycles. The molecule has 0 aromatic heterocycles. The van der Waals surface area contributed by atoms with Crippen molar-refractivity contribution in [3.63, 3.8) is 0 Å². The van der Waals surface area contributed by atoms with Gasteiger partial charge in [0.25, 0.3) is 0 Å². The van der Waals surface area contributed by atoms with Gasteiger partial charge in [0, 0.05) is 12.1 Å². The van der Waals surface area contributed by atoms with Gasteiger partial charge in [0.15, 0.2) is 0 Å². The van der Waals surface area contributed by atoms with E-state index < -0.39 is 0 Å². The Hall–Kier alpha value is -0.0800. The smallest absolute Gasteiger partial charge is 0.00816 e. The number of hydrogen-bond acceptors (Lipinski definition) is 2. The van der Waals surface area contributed by atoms with Crippen LogP contribution in [0.25, 0.3) is 0 Å². The van der Waals surface area contributed by atoms with Crippen LogP contribution in [0.1, 0.15) is 66.2 Å². The number of nitrogens with one attached hydrogen (secondary N) is 1. The van der Waals surface area contributed by atoms with Gasteiger partial charge in [-0.1, -0.05) is 26.7 Å². The molecule has 0 amide bonds.